The lowest BCUT2D eigenvalue weighted by Gasteiger charge is -2.14. The van der Waals surface area contributed by atoms with E-state index >= 15 is 0 Å². The van der Waals surface area contributed by atoms with Crippen LogP contribution in [0.5, 0.6) is 0 Å². The van der Waals surface area contributed by atoms with Crippen molar-refractivity contribution >= 4 is 0 Å². The van der Waals surface area contributed by atoms with Crippen molar-refractivity contribution < 1.29 is 4.74 Å². The molecule has 0 aliphatic carbocycles. The minimum atomic E-state index is 0.470. The Morgan fingerprint density at radius 3 is 2.69 bits per heavy atom. The lowest BCUT2D eigenvalue weighted by atomic mass is 10.2. The highest BCUT2D eigenvalue weighted by Crippen LogP contribution is 1.97. The first kappa shape index (κ1) is 13.2. The quantitative estimate of drug-likeness (QED) is 0.652. The highest BCUT2D eigenvalue weighted by molar-refractivity contribution is 5.14. The van der Waals surface area contributed by atoms with Gasteiger partial charge in [-0.05, 0) is 12.5 Å². The molecule has 1 rings (SSSR count). The van der Waals surface area contributed by atoms with Crippen LogP contribution in [0.25, 0.3) is 0 Å². The molecule has 1 aromatic rings. The number of nitrogens with one attached hydrogen (secondary N) is 2. The molecule has 0 aliphatic heterocycles. The summed E-state index contributed by atoms with van der Waals surface area (Å²) in [5.74, 6) is 0. The predicted molar refractivity (Wildman–Crippen MR) is 67.5 cm³/mol. The van der Waals surface area contributed by atoms with Gasteiger partial charge in [0.25, 0.3) is 0 Å². The number of hydrogen-bond donors (Lipinski definition) is 2. The predicted octanol–water partition coefficient (Wildman–Crippen LogP) is 1.40. The number of benzene rings is 1. The molecule has 1 atom stereocenters. The van der Waals surface area contributed by atoms with E-state index in [1.807, 2.05) is 6.07 Å². The summed E-state index contributed by atoms with van der Waals surface area (Å²) in [7, 11) is 1.72. The van der Waals surface area contributed by atoms with E-state index in [0.29, 0.717) is 6.04 Å². The maximum absolute atomic E-state index is 4.97. The van der Waals surface area contributed by atoms with Gasteiger partial charge >= 0.3 is 0 Å². The first-order chi connectivity index (χ1) is 7.83. The fourth-order valence-corrected chi connectivity index (χ4v) is 1.45. The van der Waals surface area contributed by atoms with Gasteiger partial charge in [-0.3, -0.25) is 0 Å². The Morgan fingerprint density at radius 1 is 1.25 bits per heavy atom. The monoisotopic (exact) mass is 222 g/mol. The van der Waals surface area contributed by atoms with Crippen LogP contribution < -0.4 is 10.6 Å². The Morgan fingerprint density at radius 2 is 2.00 bits per heavy atom. The second kappa shape index (κ2) is 8.28. The van der Waals surface area contributed by atoms with E-state index in [9.17, 15) is 0 Å². The smallest absolute Gasteiger partial charge is 0.0587 e. The molecule has 0 fully saturated rings. The van der Waals surface area contributed by atoms with Crippen molar-refractivity contribution in [3.63, 3.8) is 0 Å². The van der Waals surface area contributed by atoms with Crippen LogP contribution >= 0.6 is 0 Å². The summed E-state index contributed by atoms with van der Waals surface area (Å²) >= 11 is 0. The third kappa shape index (κ3) is 5.85. The van der Waals surface area contributed by atoms with Crippen molar-refractivity contribution in [2.75, 3.05) is 26.8 Å². The Labute approximate surface area is 98.2 Å². The first-order valence-corrected chi connectivity index (χ1v) is 5.80. The fourth-order valence-electron chi connectivity index (χ4n) is 1.45. The van der Waals surface area contributed by atoms with Crippen molar-refractivity contribution in [2.45, 2.75) is 19.5 Å². The average Bonchev–Trinajstić information content (AvgIpc) is 2.33. The molecule has 0 aromatic heterocycles. The maximum Gasteiger partial charge on any atom is 0.0587 e. The van der Waals surface area contributed by atoms with E-state index in [1.165, 1.54) is 5.56 Å². The molecule has 3 nitrogen and oxygen atoms in total. The van der Waals surface area contributed by atoms with Gasteiger partial charge in [0.2, 0.25) is 0 Å². The molecule has 2 N–H and O–H groups in total. The molecule has 0 saturated carbocycles. The molecule has 16 heavy (non-hydrogen) atoms. The molecule has 1 aromatic carbocycles. The van der Waals surface area contributed by atoms with Crippen LogP contribution in [0.1, 0.15) is 12.5 Å². The summed E-state index contributed by atoms with van der Waals surface area (Å²) in [5.41, 5.74) is 1.33. The molecule has 0 aliphatic rings. The summed E-state index contributed by atoms with van der Waals surface area (Å²) in [6.07, 6.45) is 0. The van der Waals surface area contributed by atoms with Crippen LogP contribution in [0.2, 0.25) is 0 Å². The van der Waals surface area contributed by atoms with Crippen LogP contribution in [-0.2, 0) is 11.3 Å². The van der Waals surface area contributed by atoms with Crippen LogP contribution in [0.4, 0.5) is 0 Å². The van der Waals surface area contributed by atoms with Gasteiger partial charge in [0.05, 0.1) is 6.61 Å². The standard InChI is InChI=1S/C13H22N2O/c1-12(10-14-8-9-16-2)15-11-13-6-4-3-5-7-13/h3-7,12,14-15H,8-11H2,1-2H3. The number of hydrogen-bond acceptors (Lipinski definition) is 3. The molecule has 0 radical (unpaired) electrons. The highest BCUT2D eigenvalue weighted by atomic mass is 16.5. The maximum atomic E-state index is 4.97. The van der Waals surface area contributed by atoms with Crippen molar-refractivity contribution in [3.8, 4) is 0 Å². The molecule has 90 valence electrons. The Bertz CT molecular complexity index is 264. The van der Waals surface area contributed by atoms with Crippen molar-refractivity contribution in [2.24, 2.45) is 0 Å². The van der Waals surface area contributed by atoms with Gasteiger partial charge in [0.1, 0.15) is 0 Å². The Kier molecular flexibility index (Phi) is 6.81. The lowest BCUT2D eigenvalue weighted by Crippen LogP contribution is -2.37. The highest BCUT2D eigenvalue weighted by Gasteiger charge is 2.00. The van der Waals surface area contributed by atoms with E-state index in [0.717, 1.165) is 26.2 Å². The molecule has 3 heteroatoms. The average molecular weight is 222 g/mol. The molecular weight excluding hydrogens is 200 g/mol. The Hall–Kier alpha value is -0.900. The van der Waals surface area contributed by atoms with Gasteiger partial charge in [-0.1, -0.05) is 30.3 Å². The van der Waals surface area contributed by atoms with Gasteiger partial charge in [-0.15, -0.1) is 0 Å². The van der Waals surface area contributed by atoms with E-state index in [1.54, 1.807) is 7.11 Å². The summed E-state index contributed by atoms with van der Waals surface area (Å²) in [6, 6.07) is 10.9. The zero-order chi connectivity index (χ0) is 11.6. The van der Waals surface area contributed by atoms with Crippen molar-refractivity contribution in [1.82, 2.24) is 10.6 Å². The minimum Gasteiger partial charge on any atom is -0.383 e. The molecule has 0 amide bonds. The number of methoxy groups -OCH3 is 1. The van der Waals surface area contributed by atoms with Gasteiger partial charge in [0.15, 0.2) is 0 Å². The minimum absolute atomic E-state index is 0.470. The fraction of sp³-hybridized carbons (Fsp3) is 0.538. The normalized spacial score (nSPS) is 12.6. The van der Waals surface area contributed by atoms with Gasteiger partial charge in [-0.25, -0.2) is 0 Å². The van der Waals surface area contributed by atoms with Crippen molar-refractivity contribution in [1.29, 1.82) is 0 Å². The van der Waals surface area contributed by atoms with Gasteiger partial charge < -0.3 is 15.4 Å². The second-order valence-corrected chi connectivity index (χ2v) is 3.96. The second-order valence-electron chi connectivity index (χ2n) is 3.96. The van der Waals surface area contributed by atoms with Crippen LogP contribution in [0.3, 0.4) is 0 Å². The van der Waals surface area contributed by atoms with E-state index in [-0.39, 0.29) is 0 Å². The largest absolute Gasteiger partial charge is 0.383 e. The van der Waals surface area contributed by atoms with Gasteiger partial charge in [-0.2, -0.15) is 0 Å². The molecule has 0 bridgehead atoms. The van der Waals surface area contributed by atoms with E-state index in [4.69, 9.17) is 4.74 Å². The number of ether oxygens (including phenoxy) is 1. The first-order valence-electron chi connectivity index (χ1n) is 5.80. The summed E-state index contributed by atoms with van der Waals surface area (Å²) < 4.78 is 4.97. The number of rotatable bonds is 8. The van der Waals surface area contributed by atoms with Crippen LogP contribution in [-0.4, -0.2) is 32.8 Å². The third-order valence-corrected chi connectivity index (χ3v) is 2.43. The Balaban J connectivity index is 2.08. The van der Waals surface area contributed by atoms with Crippen LogP contribution in [0, 0.1) is 0 Å². The van der Waals surface area contributed by atoms with E-state index in [2.05, 4.69) is 41.8 Å². The van der Waals surface area contributed by atoms with Gasteiger partial charge in [0, 0.05) is 32.8 Å². The molecular formula is C13H22N2O. The topological polar surface area (TPSA) is 33.3 Å². The molecule has 1 unspecified atom stereocenters. The summed E-state index contributed by atoms with van der Waals surface area (Å²) in [6.45, 7) is 5.76. The molecule has 0 spiro atoms. The molecule has 0 saturated heterocycles. The zero-order valence-corrected chi connectivity index (χ0v) is 10.2. The summed E-state index contributed by atoms with van der Waals surface area (Å²) in [5, 5.41) is 6.81. The molecule has 0 heterocycles. The zero-order valence-electron chi connectivity index (χ0n) is 10.2. The lowest BCUT2D eigenvalue weighted by molar-refractivity contribution is 0.198. The summed E-state index contributed by atoms with van der Waals surface area (Å²) in [4.78, 5) is 0. The third-order valence-electron chi connectivity index (χ3n) is 2.43. The van der Waals surface area contributed by atoms with E-state index < -0.39 is 0 Å². The SMILES string of the molecule is COCCNCC(C)NCc1ccccc1. The van der Waals surface area contributed by atoms with Crippen molar-refractivity contribution in [3.05, 3.63) is 35.9 Å². The van der Waals surface area contributed by atoms with Crippen LogP contribution in [0.15, 0.2) is 30.3 Å².